The van der Waals surface area contributed by atoms with Crippen molar-refractivity contribution >= 4 is 23.2 Å². The first-order valence-corrected chi connectivity index (χ1v) is 6.55. The molecule has 0 fully saturated rings. The molecule has 6 nitrogen and oxygen atoms in total. The molecule has 1 heterocycles. The molecule has 0 atom stereocenters. The SMILES string of the molecule is CCOc1c(C(=O)OC)c(C=O)c(OCC)c2occc12. The fourth-order valence-electron chi connectivity index (χ4n) is 2.16. The third-order valence-corrected chi connectivity index (χ3v) is 2.94. The zero-order valence-corrected chi connectivity index (χ0v) is 12.1. The molecule has 0 N–H and O–H groups in total. The molecule has 0 saturated heterocycles. The van der Waals surface area contributed by atoms with E-state index in [1.54, 1.807) is 19.9 Å². The topological polar surface area (TPSA) is 75.0 Å². The maximum Gasteiger partial charge on any atom is 0.342 e. The van der Waals surface area contributed by atoms with E-state index in [0.29, 0.717) is 30.5 Å². The summed E-state index contributed by atoms with van der Waals surface area (Å²) in [5.74, 6) is -0.181. The number of carbonyl (C=O) groups excluding carboxylic acids is 2. The van der Waals surface area contributed by atoms with Gasteiger partial charge in [-0.05, 0) is 19.9 Å². The molecule has 0 saturated carbocycles. The summed E-state index contributed by atoms with van der Waals surface area (Å²) < 4.78 is 21.2. The van der Waals surface area contributed by atoms with E-state index in [9.17, 15) is 9.59 Å². The average Bonchev–Trinajstić information content (AvgIpc) is 2.98. The molecule has 0 aliphatic rings. The van der Waals surface area contributed by atoms with Crippen molar-refractivity contribution in [2.45, 2.75) is 13.8 Å². The van der Waals surface area contributed by atoms with Gasteiger partial charge >= 0.3 is 5.97 Å². The number of benzene rings is 1. The largest absolute Gasteiger partial charge is 0.492 e. The average molecular weight is 292 g/mol. The molecular formula is C15H16O6. The lowest BCUT2D eigenvalue weighted by Crippen LogP contribution is -2.11. The van der Waals surface area contributed by atoms with Crippen LogP contribution in [0, 0.1) is 0 Å². The predicted molar refractivity (Wildman–Crippen MR) is 75.3 cm³/mol. The van der Waals surface area contributed by atoms with Crippen LogP contribution in [-0.4, -0.2) is 32.6 Å². The normalized spacial score (nSPS) is 10.4. The quantitative estimate of drug-likeness (QED) is 0.602. The maximum atomic E-state index is 12.1. The Hall–Kier alpha value is -2.50. The van der Waals surface area contributed by atoms with Crippen LogP contribution in [0.5, 0.6) is 11.5 Å². The summed E-state index contributed by atoms with van der Waals surface area (Å²) in [6, 6.07) is 1.66. The highest BCUT2D eigenvalue weighted by atomic mass is 16.5. The third kappa shape index (κ3) is 2.44. The van der Waals surface area contributed by atoms with Crippen molar-refractivity contribution in [2.24, 2.45) is 0 Å². The fraction of sp³-hybridized carbons (Fsp3) is 0.333. The molecule has 1 aromatic heterocycles. The molecule has 0 radical (unpaired) electrons. The van der Waals surface area contributed by atoms with Gasteiger partial charge in [-0.2, -0.15) is 0 Å². The molecule has 2 rings (SSSR count). The summed E-state index contributed by atoms with van der Waals surface area (Å²) in [6.07, 6.45) is 1.99. The number of ether oxygens (including phenoxy) is 3. The third-order valence-electron chi connectivity index (χ3n) is 2.94. The van der Waals surface area contributed by atoms with Crippen LogP contribution in [0.15, 0.2) is 16.7 Å². The lowest BCUT2D eigenvalue weighted by atomic mass is 10.0. The zero-order chi connectivity index (χ0) is 15.4. The van der Waals surface area contributed by atoms with Gasteiger partial charge in [0, 0.05) is 0 Å². The first kappa shape index (κ1) is 14.9. The first-order valence-electron chi connectivity index (χ1n) is 6.55. The lowest BCUT2D eigenvalue weighted by Gasteiger charge is -2.15. The highest BCUT2D eigenvalue weighted by Gasteiger charge is 2.28. The van der Waals surface area contributed by atoms with E-state index in [1.807, 2.05) is 0 Å². The van der Waals surface area contributed by atoms with Crippen molar-refractivity contribution in [3.8, 4) is 11.5 Å². The summed E-state index contributed by atoms with van der Waals surface area (Å²) in [6.45, 7) is 4.21. The van der Waals surface area contributed by atoms with Crippen LogP contribution in [-0.2, 0) is 4.74 Å². The Morgan fingerprint density at radius 3 is 2.48 bits per heavy atom. The van der Waals surface area contributed by atoms with Crippen molar-refractivity contribution in [3.63, 3.8) is 0 Å². The second kappa shape index (κ2) is 6.30. The predicted octanol–water partition coefficient (Wildman–Crippen LogP) is 2.83. The number of hydrogen-bond acceptors (Lipinski definition) is 6. The van der Waals surface area contributed by atoms with Gasteiger partial charge in [-0.1, -0.05) is 0 Å². The summed E-state index contributed by atoms with van der Waals surface area (Å²) in [5.41, 5.74) is 0.483. The number of aldehydes is 1. The Labute approximate surface area is 121 Å². The Morgan fingerprint density at radius 2 is 1.90 bits per heavy atom. The van der Waals surface area contributed by atoms with Crippen LogP contribution in [0.4, 0.5) is 0 Å². The van der Waals surface area contributed by atoms with Gasteiger partial charge < -0.3 is 18.6 Å². The van der Waals surface area contributed by atoms with Crippen molar-refractivity contribution in [2.75, 3.05) is 20.3 Å². The molecule has 0 amide bonds. The van der Waals surface area contributed by atoms with Crippen molar-refractivity contribution in [3.05, 3.63) is 23.5 Å². The van der Waals surface area contributed by atoms with Crippen LogP contribution < -0.4 is 9.47 Å². The van der Waals surface area contributed by atoms with E-state index >= 15 is 0 Å². The first-order chi connectivity index (χ1) is 10.2. The van der Waals surface area contributed by atoms with Gasteiger partial charge in [0.25, 0.3) is 0 Å². The zero-order valence-electron chi connectivity index (χ0n) is 12.1. The Morgan fingerprint density at radius 1 is 1.24 bits per heavy atom. The lowest BCUT2D eigenvalue weighted by molar-refractivity contribution is 0.0593. The highest BCUT2D eigenvalue weighted by molar-refractivity contribution is 6.10. The maximum absolute atomic E-state index is 12.1. The monoisotopic (exact) mass is 292 g/mol. The van der Waals surface area contributed by atoms with Crippen LogP contribution in [0.3, 0.4) is 0 Å². The summed E-state index contributed by atoms with van der Waals surface area (Å²) in [7, 11) is 1.24. The van der Waals surface area contributed by atoms with E-state index < -0.39 is 5.97 Å². The van der Waals surface area contributed by atoms with Crippen LogP contribution in [0.1, 0.15) is 34.6 Å². The molecule has 2 aromatic rings. The molecule has 0 unspecified atom stereocenters. The Balaban J connectivity index is 2.89. The molecule has 21 heavy (non-hydrogen) atoms. The van der Waals surface area contributed by atoms with Gasteiger partial charge in [0.05, 0.1) is 37.5 Å². The molecule has 0 aliphatic carbocycles. The van der Waals surface area contributed by atoms with E-state index in [0.717, 1.165) is 0 Å². The minimum absolute atomic E-state index is 0.0479. The number of hydrogen-bond donors (Lipinski definition) is 0. The molecule has 6 heteroatoms. The minimum atomic E-state index is -0.662. The second-order valence-corrected chi connectivity index (χ2v) is 4.09. The van der Waals surface area contributed by atoms with Crippen molar-refractivity contribution in [1.29, 1.82) is 0 Å². The standard InChI is InChI=1S/C15H16O6/c1-4-19-12-9-6-7-21-13(9)14(20-5-2)10(8-16)11(12)15(17)18-3/h6-8H,4-5H2,1-3H3. The molecule has 0 aliphatic heterocycles. The van der Waals surface area contributed by atoms with Crippen molar-refractivity contribution < 1.29 is 28.2 Å². The summed E-state index contributed by atoms with van der Waals surface area (Å²) in [5, 5.41) is 0.561. The molecule has 112 valence electrons. The molecule has 0 spiro atoms. The summed E-state index contributed by atoms with van der Waals surface area (Å²) >= 11 is 0. The molecule has 0 bridgehead atoms. The van der Waals surface area contributed by atoms with E-state index in [1.165, 1.54) is 13.4 Å². The number of fused-ring (bicyclic) bond motifs is 1. The Kier molecular flexibility index (Phi) is 4.47. The summed E-state index contributed by atoms with van der Waals surface area (Å²) in [4.78, 5) is 23.5. The van der Waals surface area contributed by atoms with Crippen LogP contribution in [0.2, 0.25) is 0 Å². The fourth-order valence-corrected chi connectivity index (χ4v) is 2.16. The van der Waals surface area contributed by atoms with Crippen LogP contribution in [0.25, 0.3) is 11.0 Å². The number of rotatable bonds is 6. The smallest absolute Gasteiger partial charge is 0.342 e. The van der Waals surface area contributed by atoms with Gasteiger partial charge in [-0.3, -0.25) is 4.79 Å². The number of furan rings is 1. The van der Waals surface area contributed by atoms with Crippen molar-refractivity contribution in [1.82, 2.24) is 0 Å². The van der Waals surface area contributed by atoms with Gasteiger partial charge in [0.1, 0.15) is 11.3 Å². The van der Waals surface area contributed by atoms with E-state index in [2.05, 4.69) is 0 Å². The second-order valence-electron chi connectivity index (χ2n) is 4.09. The van der Waals surface area contributed by atoms with Gasteiger partial charge in [0.15, 0.2) is 17.6 Å². The number of carbonyl (C=O) groups is 2. The van der Waals surface area contributed by atoms with Gasteiger partial charge in [-0.25, -0.2) is 4.79 Å². The highest BCUT2D eigenvalue weighted by Crippen LogP contribution is 2.41. The van der Waals surface area contributed by atoms with E-state index in [-0.39, 0.29) is 22.6 Å². The van der Waals surface area contributed by atoms with Crippen LogP contribution >= 0.6 is 0 Å². The van der Waals surface area contributed by atoms with Gasteiger partial charge in [-0.15, -0.1) is 0 Å². The number of esters is 1. The van der Waals surface area contributed by atoms with Gasteiger partial charge in [0.2, 0.25) is 0 Å². The Bertz CT molecular complexity index is 670. The number of methoxy groups -OCH3 is 1. The molecule has 1 aromatic carbocycles. The van der Waals surface area contributed by atoms with E-state index in [4.69, 9.17) is 18.6 Å². The minimum Gasteiger partial charge on any atom is -0.492 e. The molecular weight excluding hydrogens is 276 g/mol.